The van der Waals surface area contributed by atoms with Crippen LogP contribution in [0.1, 0.15) is 16.8 Å². The number of benzene rings is 1. The summed E-state index contributed by atoms with van der Waals surface area (Å²) in [6.45, 7) is 4.43. The van der Waals surface area contributed by atoms with Crippen LogP contribution in [-0.4, -0.2) is 35.8 Å². The number of carbonyl (C=O) groups is 2. The van der Waals surface area contributed by atoms with Gasteiger partial charge in [0.25, 0.3) is 5.91 Å². The minimum Gasteiger partial charge on any atom is -0.348 e. The Morgan fingerprint density at radius 1 is 1.37 bits per heavy atom. The van der Waals surface area contributed by atoms with Gasteiger partial charge >= 0.3 is 0 Å². The highest BCUT2D eigenvalue weighted by molar-refractivity contribution is 5.94. The molecule has 0 aliphatic carbocycles. The van der Waals surface area contributed by atoms with Gasteiger partial charge in [-0.05, 0) is 36.8 Å². The van der Waals surface area contributed by atoms with E-state index in [2.05, 4.69) is 11.9 Å². The van der Waals surface area contributed by atoms with E-state index in [9.17, 15) is 14.0 Å². The van der Waals surface area contributed by atoms with Gasteiger partial charge in [-0.3, -0.25) is 9.59 Å². The highest BCUT2D eigenvalue weighted by atomic mass is 19.1. The highest BCUT2D eigenvalue weighted by Crippen LogP contribution is 2.14. The average Bonchev–Trinajstić information content (AvgIpc) is 2.87. The Bertz CT molecular complexity index is 499. The monoisotopic (exact) mass is 262 g/mol. The fourth-order valence-electron chi connectivity index (χ4n) is 2.10. The number of likely N-dealkylation sites (tertiary alicyclic amines) is 1. The van der Waals surface area contributed by atoms with E-state index in [-0.39, 0.29) is 23.7 Å². The maximum absolute atomic E-state index is 12.8. The summed E-state index contributed by atoms with van der Waals surface area (Å²) in [5.41, 5.74) is 0.456. The number of nitrogens with zero attached hydrogens (tertiary/aromatic N) is 1. The Balaban J connectivity index is 1.96. The van der Waals surface area contributed by atoms with Crippen molar-refractivity contribution in [2.24, 2.45) is 0 Å². The second-order valence-corrected chi connectivity index (χ2v) is 4.46. The minimum absolute atomic E-state index is 0.0464. The van der Waals surface area contributed by atoms with Crippen molar-refractivity contribution < 1.29 is 14.0 Å². The Kier molecular flexibility index (Phi) is 3.94. The zero-order valence-electron chi connectivity index (χ0n) is 10.4. The standard InChI is InChI=1S/C14H15FN2O2/c1-2-13(18)16-12-7-8-17(9-12)14(19)10-3-5-11(15)6-4-10/h2-6,12H,1,7-9H2,(H,16,18)/t12-/m1/s1. The van der Waals surface area contributed by atoms with E-state index in [0.717, 1.165) is 0 Å². The molecule has 0 bridgehead atoms. The van der Waals surface area contributed by atoms with Gasteiger partial charge in [0.15, 0.2) is 0 Å². The van der Waals surface area contributed by atoms with Crippen LogP contribution in [0.4, 0.5) is 4.39 Å². The number of halogens is 1. The van der Waals surface area contributed by atoms with Gasteiger partial charge in [0.05, 0.1) is 0 Å². The molecule has 1 atom stereocenters. The number of rotatable bonds is 3. The molecule has 0 spiro atoms. The summed E-state index contributed by atoms with van der Waals surface area (Å²) in [5, 5.41) is 2.76. The lowest BCUT2D eigenvalue weighted by molar-refractivity contribution is -0.117. The normalized spacial score (nSPS) is 18.2. The molecule has 100 valence electrons. The molecular weight excluding hydrogens is 247 g/mol. The van der Waals surface area contributed by atoms with Crippen LogP contribution in [0.25, 0.3) is 0 Å². The molecule has 1 aromatic carbocycles. The Morgan fingerprint density at radius 2 is 2.05 bits per heavy atom. The van der Waals surface area contributed by atoms with Crippen molar-refractivity contribution in [2.45, 2.75) is 12.5 Å². The van der Waals surface area contributed by atoms with Crippen molar-refractivity contribution in [3.63, 3.8) is 0 Å². The fraction of sp³-hybridized carbons (Fsp3) is 0.286. The van der Waals surface area contributed by atoms with Crippen molar-refractivity contribution in [3.05, 3.63) is 48.3 Å². The minimum atomic E-state index is -0.367. The summed E-state index contributed by atoms with van der Waals surface area (Å²) in [5.74, 6) is -0.745. The quantitative estimate of drug-likeness (QED) is 0.836. The lowest BCUT2D eigenvalue weighted by Crippen LogP contribution is -2.37. The molecule has 1 N–H and O–H groups in total. The van der Waals surface area contributed by atoms with Crippen LogP contribution in [0.15, 0.2) is 36.9 Å². The van der Waals surface area contributed by atoms with Gasteiger partial charge in [0.1, 0.15) is 5.82 Å². The van der Waals surface area contributed by atoms with E-state index in [1.165, 1.54) is 30.3 Å². The van der Waals surface area contributed by atoms with Gasteiger partial charge in [0.2, 0.25) is 5.91 Å². The highest BCUT2D eigenvalue weighted by Gasteiger charge is 2.27. The van der Waals surface area contributed by atoms with E-state index in [4.69, 9.17) is 0 Å². The summed E-state index contributed by atoms with van der Waals surface area (Å²) < 4.78 is 12.8. The van der Waals surface area contributed by atoms with E-state index in [1.807, 2.05) is 0 Å². The molecule has 1 aromatic rings. The molecule has 1 saturated heterocycles. The first-order valence-corrected chi connectivity index (χ1v) is 6.08. The maximum atomic E-state index is 12.8. The topological polar surface area (TPSA) is 49.4 Å². The third-order valence-electron chi connectivity index (χ3n) is 3.10. The zero-order valence-corrected chi connectivity index (χ0v) is 10.4. The van der Waals surface area contributed by atoms with Crippen LogP contribution in [0.2, 0.25) is 0 Å². The summed E-state index contributed by atoms with van der Waals surface area (Å²) in [6, 6.07) is 5.41. The molecule has 5 heteroatoms. The summed E-state index contributed by atoms with van der Waals surface area (Å²) >= 11 is 0. The number of hydrogen-bond donors (Lipinski definition) is 1. The fourth-order valence-corrected chi connectivity index (χ4v) is 2.10. The molecule has 0 aromatic heterocycles. The summed E-state index contributed by atoms with van der Waals surface area (Å²) in [4.78, 5) is 25.0. The van der Waals surface area contributed by atoms with Gasteiger partial charge in [0, 0.05) is 24.7 Å². The molecule has 0 saturated carbocycles. The lowest BCUT2D eigenvalue weighted by Gasteiger charge is -2.16. The van der Waals surface area contributed by atoms with E-state index >= 15 is 0 Å². The van der Waals surface area contributed by atoms with Crippen LogP contribution in [0, 0.1) is 5.82 Å². The lowest BCUT2D eigenvalue weighted by atomic mass is 10.2. The third-order valence-corrected chi connectivity index (χ3v) is 3.10. The Hall–Kier alpha value is -2.17. The van der Waals surface area contributed by atoms with Gasteiger partial charge in [-0.2, -0.15) is 0 Å². The molecular formula is C14H15FN2O2. The van der Waals surface area contributed by atoms with Crippen molar-refractivity contribution >= 4 is 11.8 Å². The largest absolute Gasteiger partial charge is 0.348 e. The van der Waals surface area contributed by atoms with Crippen LogP contribution < -0.4 is 5.32 Å². The van der Waals surface area contributed by atoms with E-state index in [1.54, 1.807) is 4.90 Å². The van der Waals surface area contributed by atoms with Gasteiger partial charge < -0.3 is 10.2 Å². The molecule has 2 rings (SSSR count). The first kappa shape index (κ1) is 13.3. The molecule has 1 fully saturated rings. The summed E-state index contributed by atoms with van der Waals surface area (Å²) in [7, 11) is 0. The van der Waals surface area contributed by atoms with Gasteiger partial charge in [-0.1, -0.05) is 6.58 Å². The molecule has 1 aliphatic heterocycles. The first-order chi connectivity index (χ1) is 9.10. The maximum Gasteiger partial charge on any atom is 0.253 e. The number of carbonyl (C=O) groups excluding carboxylic acids is 2. The number of hydrogen-bond acceptors (Lipinski definition) is 2. The predicted molar refractivity (Wildman–Crippen MR) is 69.0 cm³/mol. The second-order valence-electron chi connectivity index (χ2n) is 4.46. The molecule has 1 aliphatic rings. The first-order valence-electron chi connectivity index (χ1n) is 6.08. The molecule has 0 radical (unpaired) electrons. The second kappa shape index (κ2) is 5.65. The SMILES string of the molecule is C=CC(=O)N[C@@H]1CCN(C(=O)c2ccc(F)cc2)C1. The van der Waals surface area contributed by atoms with Crippen LogP contribution >= 0.6 is 0 Å². The average molecular weight is 262 g/mol. The zero-order chi connectivity index (χ0) is 13.8. The summed E-state index contributed by atoms with van der Waals surface area (Å²) in [6.07, 6.45) is 1.93. The van der Waals surface area contributed by atoms with Gasteiger partial charge in [-0.15, -0.1) is 0 Å². The number of nitrogens with one attached hydrogen (secondary N) is 1. The van der Waals surface area contributed by atoms with Crippen molar-refractivity contribution in [2.75, 3.05) is 13.1 Å². The molecule has 19 heavy (non-hydrogen) atoms. The predicted octanol–water partition coefficient (Wildman–Crippen LogP) is 1.34. The van der Waals surface area contributed by atoms with E-state index in [0.29, 0.717) is 25.1 Å². The van der Waals surface area contributed by atoms with E-state index < -0.39 is 0 Å². The van der Waals surface area contributed by atoms with Crippen LogP contribution in [0.5, 0.6) is 0 Å². The van der Waals surface area contributed by atoms with Crippen molar-refractivity contribution in [1.29, 1.82) is 0 Å². The van der Waals surface area contributed by atoms with Crippen molar-refractivity contribution in [3.8, 4) is 0 Å². The Labute approximate surface area is 110 Å². The van der Waals surface area contributed by atoms with Crippen LogP contribution in [-0.2, 0) is 4.79 Å². The Morgan fingerprint density at radius 3 is 2.68 bits per heavy atom. The third kappa shape index (κ3) is 3.19. The smallest absolute Gasteiger partial charge is 0.253 e. The molecule has 0 unspecified atom stereocenters. The van der Waals surface area contributed by atoms with Crippen LogP contribution in [0.3, 0.4) is 0 Å². The van der Waals surface area contributed by atoms with Crippen molar-refractivity contribution in [1.82, 2.24) is 10.2 Å². The van der Waals surface area contributed by atoms with Gasteiger partial charge in [-0.25, -0.2) is 4.39 Å². The molecule has 2 amide bonds. The molecule has 4 nitrogen and oxygen atoms in total. The molecule has 1 heterocycles. The number of amides is 2.